The van der Waals surface area contributed by atoms with Gasteiger partial charge in [0.05, 0.1) is 14.2 Å². The molecular weight excluding hydrogens is 418 g/mol. The lowest BCUT2D eigenvalue weighted by atomic mass is 10.2. The van der Waals surface area contributed by atoms with Crippen molar-refractivity contribution in [2.75, 3.05) is 31.5 Å². The molecule has 1 heterocycles. The van der Waals surface area contributed by atoms with E-state index in [1.54, 1.807) is 18.4 Å². The molecule has 1 aromatic heterocycles. The van der Waals surface area contributed by atoms with Crippen molar-refractivity contribution in [3.8, 4) is 17.2 Å². The van der Waals surface area contributed by atoms with E-state index in [0.717, 1.165) is 5.56 Å². The average molecular weight is 442 g/mol. The lowest BCUT2D eigenvalue weighted by Crippen LogP contribution is -2.18. The summed E-state index contributed by atoms with van der Waals surface area (Å²) in [6, 6.07) is 13.1. The Morgan fingerprint density at radius 3 is 2.29 bits per heavy atom. The highest BCUT2D eigenvalue weighted by Crippen LogP contribution is 2.41. The molecule has 0 aliphatic carbocycles. The van der Waals surface area contributed by atoms with E-state index in [1.165, 1.54) is 26.0 Å². The maximum absolute atomic E-state index is 11.9. The summed E-state index contributed by atoms with van der Waals surface area (Å²) in [5.74, 6) is 0.759. The van der Waals surface area contributed by atoms with Gasteiger partial charge in [-0.3, -0.25) is 4.79 Å². The number of rotatable bonds is 9. The molecule has 3 aromatic rings. The Bertz CT molecular complexity index is 1050. The largest absolute Gasteiger partial charge is 0.493 e. The zero-order valence-corrected chi connectivity index (χ0v) is 18.2. The second kappa shape index (κ2) is 9.90. The number of thioether (sulfide) groups is 1. The van der Waals surface area contributed by atoms with E-state index in [2.05, 4.69) is 15.3 Å². The van der Waals surface area contributed by atoms with Gasteiger partial charge in [-0.15, -0.1) is 0 Å². The van der Waals surface area contributed by atoms with E-state index in [4.69, 9.17) is 25.7 Å². The normalized spacial score (nSPS) is 10.4. The van der Waals surface area contributed by atoms with Gasteiger partial charge < -0.3 is 31.0 Å². The molecule has 2 aromatic carbocycles. The quantitative estimate of drug-likeness (QED) is 0.338. The zero-order valence-electron chi connectivity index (χ0n) is 17.3. The smallest absolute Gasteiger partial charge is 0.256 e. The number of aromatic nitrogens is 2. The molecule has 0 aliphatic rings. The van der Waals surface area contributed by atoms with Crippen molar-refractivity contribution in [1.29, 1.82) is 0 Å². The minimum absolute atomic E-state index is 0.000128. The van der Waals surface area contributed by atoms with Crippen LogP contribution in [0.15, 0.2) is 47.6 Å². The number of amides is 1. The molecule has 10 heteroatoms. The van der Waals surface area contributed by atoms with Crippen molar-refractivity contribution < 1.29 is 19.0 Å². The van der Waals surface area contributed by atoms with Gasteiger partial charge in [0.1, 0.15) is 23.8 Å². The zero-order chi connectivity index (χ0) is 22.4. The first-order valence-electron chi connectivity index (χ1n) is 9.17. The highest BCUT2D eigenvalue weighted by molar-refractivity contribution is 7.98. The van der Waals surface area contributed by atoms with E-state index in [1.807, 2.05) is 30.3 Å². The minimum atomic E-state index is -0.741. The van der Waals surface area contributed by atoms with Gasteiger partial charge in [0.15, 0.2) is 16.7 Å². The van der Waals surface area contributed by atoms with Crippen LogP contribution in [0.5, 0.6) is 17.2 Å². The predicted molar refractivity (Wildman–Crippen MR) is 120 cm³/mol. The molecule has 0 bridgehead atoms. The lowest BCUT2D eigenvalue weighted by molar-refractivity contribution is 0.100. The van der Waals surface area contributed by atoms with E-state index >= 15 is 0 Å². The Labute approximate surface area is 184 Å². The molecule has 162 valence electrons. The van der Waals surface area contributed by atoms with Crippen LogP contribution >= 0.6 is 11.8 Å². The second-order valence-electron chi connectivity index (χ2n) is 6.29. The van der Waals surface area contributed by atoms with E-state index < -0.39 is 5.91 Å². The van der Waals surface area contributed by atoms with E-state index in [0.29, 0.717) is 34.7 Å². The molecule has 0 spiro atoms. The lowest BCUT2D eigenvalue weighted by Gasteiger charge is -2.17. The molecule has 0 saturated carbocycles. The number of benzene rings is 2. The Morgan fingerprint density at radius 2 is 1.74 bits per heavy atom. The number of nitrogens with zero attached hydrogens (tertiary/aromatic N) is 2. The van der Waals surface area contributed by atoms with Gasteiger partial charge >= 0.3 is 0 Å². The van der Waals surface area contributed by atoms with Crippen LogP contribution in [0.4, 0.5) is 17.3 Å². The third kappa shape index (κ3) is 5.10. The highest BCUT2D eigenvalue weighted by Gasteiger charge is 2.20. The molecular formula is C21H23N5O4S. The summed E-state index contributed by atoms with van der Waals surface area (Å²) in [4.78, 5) is 20.3. The molecule has 1 amide bonds. The van der Waals surface area contributed by atoms with Crippen molar-refractivity contribution in [1.82, 2.24) is 9.97 Å². The summed E-state index contributed by atoms with van der Waals surface area (Å²) >= 11 is 1.29. The maximum atomic E-state index is 11.9. The number of methoxy groups -OCH3 is 2. The fraction of sp³-hybridized carbons (Fsp3) is 0.190. The second-order valence-corrected chi connectivity index (χ2v) is 7.07. The monoisotopic (exact) mass is 441 g/mol. The Morgan fingerprint density at radius 1 is 1.10 bits per heavy atom. The Balaban J connectivity index is 1.96. The van der Waals surface area contributed by atoms with Crippen LogP contribution in [-0.4, -0.2) is 36.4 Å². The first kappa shape index (κ1) is 22.0. The highest BCUT2D eigenvalue weighted by atomic mass is 32.2. The Hall–Kier alpha value is -3.66. The van der Waals surface area contributed by atoms with E-state index in [-0.39, 0.29) is 17.2 Å². The van der Waals surface area contributed by atoms with Gasteiger partial charge in [-0.25, -0.2) is 9.97 Å². The maximum Gasteiger partial charge on any atom is 0.256 e. The fourth-order valence-corrected chi connectivity index (χ4v) is 3.21. The van der Waals surface area contributed by atoms with Crippen LogP contribution in [0.1, 0.15) is 15.9 Å². The molecule has 5 N–H and O–H groups in total. The fourth-order valence-electron chi connectivity index (χ4n) is 2.84. The number of primary amides is 1. The van der Waals surface area contributed by atoms with Crippen molar-refractivity contribution in [3.63, 3.8) is 0 Å². The molecule has 0 aliphatic heterocycles. The van der Waals surface area contributed by atoms with Gasteiger partial charge in [-0.2, -0.15) is 0 Å². The van der Waals surface area contributed by atoms with Crippen LogP contribution < -0.4 is 31.0 Å². The number of hydrogen-bond donors (Lipinski definition) is 3. The number of anilines is 3. The van der Waals surface area contributed by atoms with Crippen molar-refractivity contribution >= 4 is 35.0 Å². The van der Waals surface area contributed by atoms with Gasteiger partial charge in [0, 0.05) is 17.8 Å². The summed E-state index contributed by atoms with van der Waals surface area (Å²) in [7, 11) is 3.05. The summed E-state index contributed by atoms with van der Waals surface area (Å²) in [6.07, 6.45) is 1.80. The molecule has 0 unspecified atom stereocenters. The minimum Gasteiger partial charge on any atom is -0.493 e. The third-order valence-corrected chi connectivity index (χ3v) is 4.84. The molecule has 9 nitrogen and oxygen atoms in total. The van der Waals surface area contributed by atoms with Gasteiger partial charge in [0.25, 0.3) is 5.91 Å². The van der Waals surface area contributed by atoms with E-state index in [9.17, 15) is 4.79 Å². The Kier molecular flexibility index (Phi) is 7.03. The molecule has 31 heavy (non-hydrogen) atoms. The average Bonchev–Trinajstić information content (AvgIpc) is 2.77. The first-order chi connectivity index (χ1) is 15.0. The molecule has 3 rings (SSSR count). The van der Waals surface area contributed by atoms with Crippen molar-refractivity contribution in [2.24, 2.45) is 5.73 Å². The number of carbonyl (C=O) groups excluding carboxylic acids is 1. The number of ether oxygens (including phenoxy) is 3. The van der Waals surface area contributed by atoms with Crippen LogP contribution in [0.25, 0.3) is 0 Å². The summed E-state index contributed by atoms with van der Waals surface area (Å²) in [6.45, 7) is 0.339. The molecule has 0 fully saturated rings. The summed E-state index contributed by atoms with van der Waals surface area (Å²) in [5, 5.41) is 3.45. The number of hydrogen-bond acceptors (Lipinski definition) is 9. The number of carbonyl (C=O) groups is 1. The molecule has 0 radical (unpaired) electrons. The van der Waals surface area contributed by atoms with Crippen LogP contribution in [0.2, 0.25) is 0 Å². The molecule has 0 atom stereocenters. The number of nitrogen functional groups attached to an aromatic ring is 1. The topological polar surface area (TPSA) is 135 Å². The molecule has 0 saturated heterocycles. The van der Waals surface area contributed by atoms with Crippen molar-refractivity contribution in [2.45, 2.75) is 11.8 Å². The van der Waals surface area contributed by atoms with Crippen molar-refractivity contribution in [3.05, 3.63) is 53.6 Å². The van der Waals surface area contributed by atoms with Gasteiger partial charge in [-0.1, -0.05) is 42.1 Å². The van der Waals surface area contributed by atoms with Gasteiger partial charge in [-0.05, 0) is 11.8 Å². The standard InChI is InChI=1S/C21H23N5O4S/c1-28-14-9-13(24-20-16(19(23)27)18(22)25-21(26-20)31-3)10-15(29-2)17(14)30-11-12-7-5-4-6-8-12/h4-10H,11H2,1-3H3,(H2,23,27)(H3,22,24,25,26). The van der Waals surface area contributed by atoms with Crippen LogP contribution in [0.3, 0.4) is 0 Å². The third-order valence-electron chi connectivity index (χ3n) is 4.29. The van der Waals surface area contributed by atoms with Crippen LogP contribution in [0, 0.1) is 0 Å². The SMILES string of the molecule is COc1cc(Nc2nc(SC)nc(N)c2C(N)=O)cc(OC)c1OCc1ccccc1. The first-order valence-corrected chi connectivity index (χ1v) is 10.4. The summed E-state index contributed by atoms with van der Waals surface area (Å²) in [5.41, 5.74) is 12.9. The van der Waals surface area contributed by atoms with Gasteiger partial charge in [0.2, 0.25) is 5.75 Å². The van der Waals surface area contributed by atoms with Crippen LogP contribution in [-0.2, 0) is 6.61 Å². The summed E-state index contributed by atoms with van der Waals surface area (Å²) < 4.78 is 17.0. The number of nitrogens with one attached hydrogen (secondary N) is 1. The predicted octanol–water partition coefficient (Wildman–Crippen LogP) is 3.22. The number of nitrogens with two attached hydrogens (primary N) is 2.